The van der Waals surface area contributed by atoms with Gasteiger partial charge in [-0.3, -0.25) is 9.36 Å². The fourth-order valence-electron chi connectivity index (χ4n) is 4.45. The van der Waals surface area contributed by atoms with E-state index in [1.165, 1.54) is 30.0 Å². The molecular weight excluding hydrogens is 487 g/mol. The first-order chi connectivity index (χ1) is 18.4. The number of halogens is 1. The van der Waals surface area contributed by atoms with E-state index in [0.29, 0.717) is 27.7 Å². The summed E-state index contributed by atoms with van der Waals surface area (Å²) in [5, 5.41) is 13.8. The number of hydrogen-bond donors (Lipinski definition) is 2. The van der Waals surface area contributed by atoms with Gasteiger partial charge in [-0.15, -0.1) is 0 Å². The van der Waals surface area contributed by atoms with E-state index >= 15 is 0 Å². The smallest absolute Gasteiger partial charge is 0.263 e. The zero-order valence-electron chi connectivity index (χ0n) is 20.5. The van der Waals surface area contributed by atoms with Gasteiger partial charge in [0.2, 0.25) is 12.3 Å². The van der Waals surface area contributed by atoms with Crippen molar-refractivity contribution in [3.63, 3.8) is 0 Å². The van der Waals surface area contributed by atoms with Gasteiger partial charge in [-0.05, 0) is 42.1 Å². The first kappa shape index (κ1) is 24.7. The molecule has 0 aliphatic carbocycles. The van der Waals surface area contributed by atoms with Crippen LogP contribution in [0.25, 0.3) is 16.5 Å². The molecule has 1 aliphatic rings. The van der Waals surface area contributed by atoms with Gasteiger partial charge in [-0.1, -0.05) is 24.3 Å². The molecule has 3 N–H and O–H groups in total. The molecule has 1 unspecified atom stereocenters. The molecule has 0 radical (unpaired) electrons. The standard InChI is InChI=1S/C27H23FN8O2/c1-15(34-24-17(11-29)12-31-26(30)35-24)22-9-16-5-3-8-21(18-13-32-27(38-2)33-14-18)23(16)25(37)36(22)20-7-4-6-19(28)10-20/h3-10,12-15,18,27H,1-2H3,(H3,30,31,34,35). The lowest BCUT2D eigenvalue weighted by Crippen LogP contribution is -2.27. The van der Waals surface area contributed by atoms with Crippen molar-refractivity contribution in [2.24, 2.45) is 9.98 Å². The van der Waals surface area contributed by atoms with Gasteiger partial charge in [0, 0.05) is 25.2 Å². The fraction of sp³-hybridized carbons (Fsp3) is 0.185. The Kier molecular flexibility index (Phi) is 6.64. The second-order valence-electron chi connectivity index (χ2n) is 8.65. The third-order valence-electron chi connectivity index (χ3n) is 6.22. The normalized spacial score (nSPS) is 17.3. The fourth-order valence-corrected chi connectivity index (χ4v) is 4.45. The molecule has 0 fully saturated rings. The molecule has 2 aromatic carbocycles. The van der Waals surface area contributed by atoms with Crippen molar-refractivity contribution in [1.82, 2.24) is 14.5 Å². The number of fused-ring (bicyclic) bond motifs is 1. The van der Waals surface area contributed by atoms with Crippen molar-refractivity contribution in [2.45, 2.75) is 25.2 Å². The maximum Gasteiger partial charge on any atom is 0.263 e. The number of methoxy groups -OCH3 is 1. The van der Waals surface area contributed by atoms with Gasteiger partial charge < -0.3 is 15.8 Å². The van der Waals surface area contributed by atoms with E-state index in [-0.39, 0.29) is 28.8 Å². The van der Waals surface area contributed by atoms with Gasteiger partial charge in [0.05, 0.1) is 29.2 Å². The number of rotatable bonds is 6. The topological polar surface area (TPSA) is 144 Å². The van der Waals surface area contributed by atoms with Gasteiger partial charge in [0.15, 0.2) is 0 Å². The summed E-state index contributed by atoms with van der Waals surface area (Å²) in [7, 11) is 1.52. The molecule has 11 heteroatoms. The van der Waals surface area contributed by atoms with E-state index in [2.05, 4.69) is 25.3 Å². The third-order valence-corrected chi connectivity index (χ3v) is 6.22. The minimum Gasteiger partial charge on any atom is -0.368 e. The Morgan fingerprint density at radius 1 is 1.18 bits per heavy atom. The van der Waals surface area contributed by atoms with E-state index in [1.54, 1.807) is 24.6 Å². The number of pyridine rings is 1. The van der Waals surface area contributed by atoms with Gasteiger partial charge in [-0.2, -0.15) is 10.2 Å². The highest BCUT2D eigenvalue weighted by Gasteiger charge is 2.22. The van der Waals surface area contributed by atoms with Crippen LogP contribution >= 0.6 is 0 Å². The number of nitrogens with zero attached hydrogens (tertiary/aromatic N) is 6. The van der Waals surface area contributed by atoms with Crippen LogP contribution in [0, 0.1) is 17.1 Å². The summed E-state index contributed by atoms with van der Waals surface area (Å²) >= 11 is 0. The van der Waals surface area contributed by atoms with E-state index in [0.717, 1.165) is 0 Å². The van der Waals surface area contributed by atoms with Crippen LogP contribution in [-0.4, -0.2) is 40.4 Å². The minimum absolute atomic E-state index is 0.00380. The van der Waals surface area contributed by atoms with Crippen molar-refractivity contribution in [3.05, 3.63) is 87.7 Å². The molecule has 0 bridgehead atoms. The van der Waals surface area contributed by atoms with Gasteiger partial charge in [0.25, 0.3) is 5.56 Å². The predicted molar refractivity (Wildman–Crippen MR) is 143 cm³/mol. The quantitative estimate of drug-likeness (QED) is 0.402. The molecule has 190 valence electrons. The number of ether oxygens (including phenoxy) is 1. The zero-order chi connectivity index (χ0) is 26.8. The van der Waals surface area contributed by atoms with E-state index < -0.39 is 18.2 Å². The highest BCUT2D eigenvalue weighted by Crippen LogP contribution is 2.29. The molecule has 0 saturated heterocycles. The van der Waals surface area contributed by atoms with Crippen molar-refractivity contribution in [2.75, 3.05) is 18.2 Å². The summed E-state index contributed by atoms with van der Waals surface area (Å²) in [6, 6.07) is 14.7. The van der Waals surface area contributed by atoms with Crippen LogP contribution in [0.4, 0.5) is 16.2 Å². The molecule has 1 aliphatic heterocycles. The predicted octanol–water partition coefficient (Wildman–Crippen LogP) is 3.72. The third kappa shape index (κ3) is 4.60. The Morgan fingerprint density at radius 2 is 1.95 bits per heavy atom. The number of nitrogens with one attached hydrogen (secondary N) is 1. The molecular formula is C27H23FN8O2. The lowest BCUT2D eigenvalue weighted by molar-refractivity contribution is 0.118. The molecule has 10 nitrogen and oxygen atoms in total. The van der Waals surface area contributed by atoms with E-state index in [4.69, 9.17) is 10.5 Å². The van der Waals surface area contributed by atoms with Crippen LogP contribution in [-0.2, 0) is 4.74 Å². The molecule has 2 aromatic heterocycles. The number of aromatic nitrogens is 3. The van der Waals surface area contributed by atoms with Crippen LogP contribution in [0.15, 0.2) is 69.5 Å². The number of benzene rings is 2. The largest absolute Gasteiger partial charge is 0.368 e. The Morgan fingerprint density at radius 3 is 2.66 bits per heavy atom. The van der Waals surface area contributed by atoms with Crippen LogP contribution in [0.2, 0.25) is 0 Å². The number of nitriles is 1. The molecule has 0 amide bonds. The maximum absolute atomic E-state index is 14.3. The molecule has 38 heavy (non-hydrogen) atoms. The second kappa shape index (κ2) is 10.2. The average molecular weight is 511 g/mol. The van der Waals surface area contributed by atoms with Crippen molar-refractivity contribution >= 4 is 35.0 Å². The number of aliphatic imine (C=N–C) groups is 2. The van der Waals surface area contributed by atoms with Gasteiger partial charge >= 0.3 is 0 Å². The van der Waals surface area contributed by atoms with Crippen LogP contribution in [0.1, 0.15) is 35.7 Å². The molecule has 0 spiro atoms. The van der Waals surface area contributed by atoms with E-state index in [9.17, 15) is 14.4 Å². The highest BCUT2D eigenvalue weighted by molar-refractivity contribution is 5.98. The molecule has 1 atom stereocenters. The minimum atomic E-state index is -0.613. The molecule has 4 aromatic rings. The molecule has 3 heterocycles. The summed E-state index contributed by atoms with van der Waals surface area (Å²) in [4.78, 5) is 30.8. The van der Waals surface area contributed by atoms with Gasteiger partial charge in [0.1, 0.15) is 23.3 Å². The maximum atomic E-state index is 14.3. The molecule has 5 rings (SSSR count). The number of nitrogens with two attached hydrogens (primary N) is 1. The number of anilines is 2. The summed E-state index contributed by atoms with van der Waals surface area (Å²) in [5.41, 5.74) is 7.18. The number of hydrogen-bond acceptors (Lipinski definition) is 9. The highest BCUT2D eigenvalue weighted by atomic mass is 19.1. The van der Waals surface area contributed by atoms with Gasteiger partial charge in [-0.25, -0.2) is 19.4 Å². The average Bonchev–Trinajstić information content (AvgIpc) is 2.92. The van der Waals surface area contributed by atoms with Crippen molar-refractivity contribution < 1.29 is 9.13 Å². The Bertz CT molecular complexity index is 1680. The van der Waals surface area contributed by atoms with Crippen LogP contribution < -0.4 is 16.6 Å². The van der Waals surface area contributed by atoms with E-state index in [1.807, 2.05) is 37.3 Å². The summed E-state index contributed by atoms with van der Waals surface area (Å²) in [6.07, 6.45) is 4.11. The van der Waals surface area contributed by atoms with Crippen LogP contribution in [0.3, 0.4) is 0 Å². The second-order valence-corrected chi connectivity index (χ2v) is 8.65. The lowest BCUT2D eigenvalue weighted by atomic mass is 9.94. The first-order valence-corrected chi connectivity index (χ1v) is 11.7. The summed E-state index contributed by atoms with van der Waals surface area (Å²) < 4.78 is 20.9. The summed E-state index contributed by atoms with van der Waals surface area (Å²) in [6.45, 7) is 1.81. The Balaban J connectivity index is 1.71. The van der Waals surface area contributed by atoms with Crippen molar-refractivity contribution in [1.29, 1.82) is 5.26 Å². The number of nitrogen functional groups attached to an aromatic ring is 1. The monoisotopic (exact) mass is 510 g/mol. The van der Waals surface area contributed by atoms with Crippen LogP contribution in [0.5, 0.6) is 0 Å². The lowest BCUT2D eigenvalue weighted by Gasteiger charge is -2.23. The molecule has 0 saturated carbocycles. The van der Waals surface area contributed by atoms with Crippen molar-refractivity contribution in [3.8, 4) is 11.8 Å². The Hall–Kier alpha value is -4.95. The first-order valence-electron chi connectivity index (χ1n) is 11.7. The SMILES string of the molecule is COC1N=CC(c2cccc3cc(C(C)Nc4nc(N)ncc4C#N)n(-c4cccc(F)c4)c(=O)c23)C=N1. The summed E-state index contributed by atoms with van der Waals surface area (Å²) in [5.74, 6) is -0.609. The zero-order valence-corrected chi connectivity index (χ0v) is 20.5. The Labute approximate surface area is 217 Å².